The van der Waals surface area contributed by atoms with Gasteiger partial charge in [-0.1, -0.05) is 117 Å². The molecule has 1 aliphatic rings. The number of furan rings is 1. The first kappa shape index (κ1) is 30.7. The van der Waals surface area contributed by atoms with Crippen molar-refractivity contribution in [2.75, 3.05) is 4.90 Å². The Labute approximate surface area is 312 Å². The minimum absolute atomic E-state index is 0.0820. The highest BCUT2D eigenvalue weighted by Crippen LogP contribution is 2.51. The number of nitrogens with zero attached hydrogens (tertiary/aromatic N) is 2. The number of hydrogen-bond acceptors (Lipinski definition) is 4. The summed E-state index contributed by atoms with van der Waals surface area (Å²) in [6.45, 7) is 4.66. The molecule has 0 radical (unpaired) electrons. The lowest BCUT2D eigenvalue weighted by Crippen LogP contribution is -2.15. The van der Waals surface area contributed by atoms with E-state index in [4.69, 9.17) is 13.8 Å². The molecule has 0 bridgehead atoms. The quantitative estimate of drug-likeness (QED) is 0.180. The summed E-state index contributed by atoms with van der Waals surface area (Å²) < 4.78 is 12.8. The van der Waals surface area contributed by atoms with Crippen LogP contribution in [0.3, 0.4) is 0 Å². The van der Waals surface area contributed by atoms with Gasteiger partial charge >= 0.3 is 0 Å². The molecule has 256 valence electrons. The van der Waals surface area contributed by atoms with Gasteiger partial charge in [-0.3, -0.25) is 0 Å². The van der Waals surface area contributed by atoms with Gasteiger partial charge in [-0.2, -0.15) is 0 Å². The fourth-order valence-electron chi connectivity index (χ4n) is 8.57. The van der Waals surface area contributed by atoms with E-state index in [0.717, 1.165) is 61.2 Å². The van der Waals surface area contributed by atoms with Gasteiger partial charge in [-0.05, 0) is 93.2 Å². The molecule has 0 aliphatic heterocycles. The molecule has 4 heteroatoms. The average molecular weight is 695 g/mol. The van der Waals surface area contributed by atoms with Crippen LogP contribution < -0.4 is 4.90 Å². The summed E-state index contributed by atoms with van der Waals surface area (Å²) in [5, 5.41) is 4.49. The molecule has 0 saturated heterocycles. The number of hydrogen-bond donors (Lipinski definition) is 0. The lowest BCUT2D eigenvalue weighted by atomic mass is 9.82. The topological polar surface area (TPSA) is 42.4 Å². The van der Waals surface area contributed by atoms with Crippen LogP contribution in [0.4, 0.5) is 17.1 Å². The molecule has 2 heterocycles. The third-order valence-corrected chi connectivity index (χ3v) is 11.3. The van der Waals surface area contributed by atoms with Crippen molar-refractivity contribution in [2.45, 2.75) is 19.3 Å². The fraction of sp³-hybridized carbons (Fsp3) is 0.0600. The van der Waals surface area contributed by atoms with Gasteiger partial charge in [0, 0.05) is 50.8 Å². The number of fused-ring (bicyclic) bond motifs is 8. The zero-order valence-corrected chi connectivity index (χ0v) is 29.9. The number of anilines is 3. The van der Waals surface area contributed by atoms with Gasteiger partial charge in [0.15, 0.2) is 5.58 Å². The summed E-state index contributed by atoms with van der Waals surface area (Å²) in [5.74, 6) is 0.603. The SMILES string of the molecule is CC1(C)c2ccccc2-c2cc(N(c3ccc4c(c3)oc3cc5oc(-c6ccccc6)nc5cc34)c3ccccc3-c3ccc4ccccc4c3)ccc21. The fourth-order valence-corrected chi connectivity index (χ4v) is 8.57. The van der Waals surface area contributed by atoms with Crippen molar-refractivity contribution in [3.05, 3.63) is 181 Å². The maximum atomic E-state index is 6.63. The molecule has 0 fully saturated rings. The van der Waals surface area contributed by atoms with E-state index < -0.39 is 0 Å². The van der Waals surface area contributed by atoms with Gasteiger partial charge < -0.3 is 13.7 Å². The highest BCUT2D eigenvalue weighted by atomic mass is 16.4. The highest BCUT2D eigenvalue weighted by Gasteiger charge is 2.35. The van der Waals surface area contributed by atoms with Crippen LogP contribution in [-0.4, -0.2) is 4.98 Å². The van der Waals surface area contributed by atoms with E-state index in [1.165, 1.54) is 33.0 Å². The Balaban J connectivity index is 1.10. The van der Waals surface area contributed by atoms with E-state index in [2.05, 4.69) is 152 Å². The molecule has 0 spiro atoms. The molecular formula is C50H34N2O2. The van der Waals surface area contributed by atoms with Gasteiger partial charge in [0.25, 0.3) is 0 Å². The van der Waals surface area contributed by atoms with Crippen LogP contribution in [0.25, 0.3) is 77.5 Å². The van der Waals surface area contributed by atoms with Crippen LogP contribution in [-0.2, 0) is 5.41 Å². The molecule has 2 aromatic heterocycles. The zero-order chi connectivity index (χ0) is 36.0. The second-order valence-corrected chi connectivity index (χ2v) is 14.8. The normalized spacial score (nSPS) is 13.1. The van der Waals surface area contributed by atoms with Gasteiger partial charge in [0.05, 0.1) is 5.69 Å². The minimum Gasteiger partial charge on any atom is -0.456 e. The lowest BCUT2D eigenvalue weighted by molar-refractivity contribution is 0.617. The Morgan fingerprint density at radius 1 is 0.463 bits per heavy atom. The molecule has 0 unspecified atom stereocenters. The van der Waals surface area contributed by atoms with E-state index in [0.29, 0.717) is 11.5 Å². The smallest absolute Gasteiger partial charge is 0.227 e. The molecule has 11 rings (SSSR count). The van der Waals surface area contributed by atoms with Gasteiger partial charge in [0.1, 0.15) is 16.7 Å². The first-order chi connectivity index (χ1) is 26.5. The third-order valence-electron chi connectivity index (χ3n) is 11.3. The zero-order valence-electron chi connectivity index (χ0n) is 29.9. The number of aromatic nitrogens is 1. The summed E-state index contributed by atoms with van der Waals surface area (Å²) in [6.07, 6.45) is 0. The van der Waals surface area contributed by atoms with E-state index in [1.807, 2.05) is 36.4 Å². The first-order valence-electron chi connectivity index (χ1n) is 18.4. The Bertz CT molecular complexity index is 3100. The van der Waals surface area contributed by atoms with Crippen molar-refractivity contribution in [3.63, 3.8) is 0 Å². The van der Waals surface area contributed by atoms with Gasteiger partial charge in [-0.15, -0.1) is 0 Å². The van der Waals surface area contributed by atoms with Crippen molar-refractivity contribution in [3.8, 4) is 33.7 Å². The predicted octanol–water partition coefficient (Wildman–Crippen LogP) is 14.0. The molecule has 0 saturated carbocycles. The summed E-state index contributed by atoms with van der Waals surface area (Å²) in [6, 6.07) is 60.4. The number of para-hydroxylation sites is 1. The molecule has 0 N–H and O–H groups in total. The Morgan fingerprint density at radius 2 is 1.17 bits per heavy atom. The summed E-state index contributed by atoms with van der Waals surface area (Å²) >= 11 is 0. The lowest BCUT2D eigenvalue weighted by Gasteiger charge is -2.29. The van der Waals surface area contributed by atoms with Crippen LogP contribution in [0.2, 0.25) is 0 Å². The van der Waals surface area contributed by atoms with Gasteiger partial charge in [-0.25, -0.2) is 4.98 Å². The molecular weight excluding hydrogens is 661 g/mol. The average Bonchev–Trinajstić information content (AvgIpc) is 3.86. The van der Waals surface area contributed by atoms with Crippen LogP contribution >= 0.6 is 0 Å². The second-order valence-electron chi connectivity index (χ2n) is 14.8. The number of oxazole rings is 1. The third kappa shape index (κ3) is 4.66. The van der Waals surface area contributed by atoms with Gasteiger partial charge in [0.2, 0.25) is 5.89 Å². The summed E-state index contributed by atoms with van der Waals surface area (Å²) in [7, 11) is 0. The molecule has 54 heavy (non-hydrogen) atoms. The highest BCUT2D eigenvalue weighted by molar-refractivity contribution is 6.10. The molecule has 10 aromatic rings. The van der Waals surface area contributed by atoms with Crippen molar-refractivity contribution in [2.24, 2.45) is 0 Å². The molecule has 1 aliphatic carbocycles. The summed E-state index contributed by atoms with van der Waals surface area (Å²) in [4.78, 5) is 7.22. The van der Waals surface area contributed by atoms with Crippen molar-refractivity contribution < 1.29 is 8.83 Å². The molecule has 4 nitrogen and oxygen atoms in total. The standard InChI is InChI=1S/C50H34N2O2/c1-50(2)42-18-10-8-17-38(42)40-27-35(23-25-43(40)50)52(45-19-11-9-16-37(45)34-21-20-31-12-6-7-15-33(31)26-34)36-22-24-39-41-29-44-48(30-47(41)53-46(39)28-36)54-49(51-44)32-13-4-3-5-14-32/h3-30H,1-2H3. The van der Waals surface area contributed by atoms with Crippen LogP contribution in [0.5, 0.6) is 0 Å². The number of rotatable bonds is 5. The van der Waals surface area contributed by atoms with E-state index >= 15 is 0 Å². The van der Waals surface area contributed by atoms with Crippen LogP contribution in [0.1, 0.15) is 25.0 Å². The monoisotopic (exact) mass is 694 g/mol. The first-order valence-corrected chi connectivity index (χ1v) is 18.4. The molecule has 0 amide bonds. The van der Waals surface area contributed by atoms with E-state index in [1.54, 1.807) is 0 Å². The van der Waals surface area contributed by atoms with Crippen LogP contribution in [0.15, 0.2) is 179 Å². The Hall–Kier alpha value is -6.91. The molecule has 8 aromatic carbocycles. The molecule has 0 atom stereocenters. The van der Waals surface area contributed by atoms with Crippen molar-refractivity contribution in [1.82, 2.24) is 4.98 Å². The predicted molar refractivity (Wildman–Crippen MR) is 222 cm³/mol. The van der Waals surface area contributed by atoms with Crippen molar-refractivity contribution >= 4 is 60.9 Å². The van der Waals surface area contributed by atoms with Crippen molar-refractivity contribution in [1.29, 1.82) is 0 Å². The summed E-state index contributed by atoms with van der Waals surface area (Å²) in [5.41, 5.74) is 14.7. The van der Waals surface area contributed by atoms with E-state index in [9.17, 15) is 0 Å². The Kier molecular flexibility index (Phi) is 6.56. The second kappa shape index (κ2) is 11.5. The largest absolute Gasteiger partial charge is 0.456 e. The maximum Gasteiger partial charge on any atom is 0.227 e. The van der Waals surface area contributed by atoms with Crippen LogP contribution in [0, 0.1) is 0 Å². The van der Waals surface area contributed by atoms with E-state index in [-0.39, 0.29) is 5.41 Å². The Morgan fingerprint density at radius 3 is 2.06 bits per heavy atom. The maximum absolute atomic E-state index is 6.63. The number of benzene rings is 8. The minimum atomic E-state index is -0.0820.